The zero-order valence-corrected chi connectivity index (χ0v) is 16.6. The first-order chi connectivity index (χ1) is 13.9. The van der Waals surface area contributed by atoms with Gasteiger partial charge in [-0.1, -0.05) is 23.7 Å². The lowest BCUT2D eigenvalue weighted by molar-refractivity contribution is -0.149. The minimum atomic E-state index is -0.926. The van der Waals surface area contributed by atoms with Crippen molar-refractivity contribution < 1.29 is 23.9 Å². The summed E-state index contributed by atoms with van der Waals surface area (Å²) in [5.74, 6) is -0.791. The summed E-state index contributed by atoms with van der Waals surface area (Å²) in [5, 5.41) is 5.36. The predicted octanol–water partition coefficient (Wildman–Crippen LogP) is 2.44. The van der Waals surface area contributed by atoms with Crippen LogP contribution in [0.5, 0.6) is 5.75 Å². The molecule has 0 saturated heterocycles. The molecule has 152 valence electrons. The van der Waals surface area contributed by atoms with Gasteiger partial charge >= 0.3 is 5.97 Å². The molecule has 0 bridgehead atoms. The van der Waals surface area contributed by atoms with Gasteiger partial charge in [0.2, 0.25) is 5.91 Å². The lowest BCUT2D eigenvalue weighted by Crippen LogP contribution is -2.39. The van der Waals surface area contributed by atoms with Gasteiger partial charge < -0.3 is 20.1 Å². The zero-order chi connectivity index (χ0) is 21.2. The quantitative estimate of drug-likeness (QED) is 0.504. The highest BCUT2D eigenvalue weighted by Crippen LogP contribution is 2.12. The van der Waals surface area contributed by atoms with Gasteiger partial charge in [0.15, 0.2) is 6.61 Å². The Labute approximate surface area is 172 Å². The van der Waals surface area contributed by atoms with E-state index in [4.69, 9.17) is 21.1 Å². The van der Waals surface area contributed by atoms with Crippen molar-refractivity contribution in [3.63, 3.8) is 0 Å². The van der Waals surface area contributed by atoms with E-state index < -0.39 is 30.4 Å². The molecule has 0 fully saturated rings. The maximum atomic E-state index is 11.9. The summed E-state index contributed by atoms with van der Waals surface area (Å²) in [6.07, 6.45) is 4.27. The number of carbonyl (C=O) groups is 3. The minimum Gasteiger partial charge on any atom is -0.497 e. The molecule has 2 N–H and O–H groups in total. The normalized spacial score (nSPS) is 11.6. The van der Waals surface area contributed by atoms with Gasteiger partial charge in [-0.2, -0.15) is 0 Å². The van der Waals surface area contributed by atoms with Crippen molar-refractivity contribution in [2.24, 2.45) is 0 Å². The topological polar surface area (TPSA) is 107 Å². The molecule has 0 aliphatic carbocycles. The highest BCUT2D eigenvalue weighted by Gasteiger charge is 2.17. The minimum absolute atomic E-state index is 0.278. The number of hydrogen-bond donors (Lipinski definition) is 2. The number of amides is 2. The van der Waals surface area contributed by atoms with E-state index in [1.165, 1.54) is 25.3 Å². The van der Waals surface area contributed by atoms with Gasteiger partial charge in [-0.25, -0.2) is 9.78 Å². The average molecular weight is 418 g/mol. The zero-order valence-electron chi connectivity index (χ0n) is 15.8. The van der Waals surface area contributed by atoms with E-state index in [0.29, 0.717) is 10.8 Å². The van der Waals surface area contributed by atoms with Crippen LogP contribution >= 0.6 is 11.6 Å². The van der Waals surface area contributed by atoms with Crippen molar-refractivity contribution in [1.82, 2.24) is 10.3 Å². The Morgan fingerprint density at radius 2 is 1.90 bits per heavy atom. The van der Waals surface area contributed by atoms with Crippen molar-refractivity contribution >= 4 is 41.3 Å². The lowest BCUT2D eigenvalue weighted by Gasteiger charge is -2.12. The molecule has 2 aromatic rings. The van der Waals surface area contributed by atoms with Crippen molar-refractivity contribution in [1.29, 1.82) is 0 Å². The first-order valence-corrected chi connectivity index (χ1v) is 8.96. The number of aromatic nitrogens is 1. The molecular weight excluding hydrogens is 398 g/mol. The number of benzene rings is 1. The number of halogens is 1. The number of nitrogens with one attached hydrogen (secondary N) is 2. The van der Waals surface area contributed by atoms with E-state index >= 15 is 0 Å². The van der Waals surface area contributed by atoms with Crippen LogP contribution in [0, 0.1) is 0 Å². The van der Waals surface area contributed by atoms with Crippen LogP contribution in [0.1, 0.15) is 12.5 Å². The smallest absolute Gasteiger partial charge is 0.328 e. The predicted molar refractivity (Wildman–Crippen MR) is 108 cm³/mol. The third kappa shape index (κ3) is 7.63. The second-order valence-corrected chi connectivity index (χ2v) is 6.29. The molecule has 1 aromatic carbocycles. The number of ether oxygens (including phenoxy) is 2. The van der Waals surface area contributed by atoms with Gasteiger partial charge in [-0.05, 0) is 42.8 Å². The van der Waals surface area contributed by atoms with Crippen molar-refractivity contribution in [2.45, 2.75) is 13.0 Å². The molecule has 8 nitrogen and oxygen atoms in total. The molecule has 9 heteroatoms. The van der Waals surface area contributed by atoms with Gasteiger partial charge in [0.1, 0.15) is 17.6 Å². The van der Waals surface area contributed by atoms with Crippen LogP contribution in [0.4, 0.5) is 5.82 Å². The number of hydrogen-bond acceptors (Lipinski definition) is 6. The second-order valence-electron chi connectivity index (χ2n) is 5.85. The number of nitrogens with zero attached hydrogens (tertiary/aromatic N) is 1. The van der Waals surface area contributed by atoms with Crippen LogP contribution in [-0.2, 0) is 19.1 Å². The van der Waals surface area contributed by atoms with Crippen molar-refractivity contribution in [2.75, 3.05) is 19.0 Å². The number of methoxy groups -OCH3 is 1. The molecule has 0 radical (unpaired) electrons. The molecule has 0 saturated carbocycles. The molecule has 0 aliphatic rings. The average Bonchev–Trinajstić information content (AvgIpc) is 2.72. The van der Waals surface area contributed by atoms with Crippen LogP contribution in [-0.4, -0.2) is 42.5 Å². The molecule has 29 heavy (non-hydrogen) atoms. The summed E-state index contributed by atoms with van der Waals surface area (Å²) in [6.45, 7) is 0.950. The van der Waals surface area contributed by atoms with E-state index in [1.54, 1.807) is 43.5 Å². The van der Waals surface area contributed by atoms with Gasteiger partial charge in [-0.3, -0.25) is 9.59 Å². The molecule has 0 spiro atoms. The number of carbonyl (C=O) groups excluding carboxylic acids is 3. The fraction of sp³-hybridized carbons (Fsp3) is 0.200. The summed E-state index contributed by atoms with van der Waals surface area (Å²) in [5.41, 5.74) is 0.795. The molecule has 1 atom stereocenters. The van der Waals surface area contributed by atoms with E-state index in [9.17, 15) is 14.4 Å². The Kier molecular flexibility index (Phi) is 8.17. The third-order valence-corrected chi connectivity index (χ3v) is 3.82. The summed E-state index contributed by atoms with van der Waals surface area (Å²) in [6, 6.07) is 9.25. The van der Waals surface area contributed by atoms with Crippen LogP contribution in [0.25, 0.3) is 6.08 Å². The molecule has 2 rings (SSSR count). The summed E-state index contributed by atoms with van der Waals surface area (Å²) < 4.78 is 9.95. The third-order valence-electron chi connectivity index (χ3n) is 3.60. The molecule has 0 aliphatic heterocycles. The second kappa shape index (κ2) is 10.8. The van der Waals surface area contributed by atoms with Crippen molar-refractivity contribution in [3.05, 3.63) is 59.3 Å². The Bertz CT molecular complexity index is 882. The molecule has 1 heterocycles. The standard InChI is InChI=1S/C20H20ClN3O5/c1-13(23-18(25)10-5-14-3-7-16(28-2)8-4-14)20(27)29-12-19(26)24-17-9-6-15(21)11-22-17/h3-11,13H,12H2,1-2H3,(H,23,25)(H,22,24,26)/b10-5+/t13-/m0/s1. The van der Waals surface area contributed by atoms with Gasteiger partial charge in [0.25, 0.3) is 5.91 Å². The van der Waals surface area contributed by atoms with E-state index in [-0.39, 0.29) is 5.82 Å². The summed E-state index contributed by atoms with van der Waals surface area (Å²) >= 11 is 5.71. The Hall–Kier alpha value is -3.39. The Morgan fingerprint density at radius 1 is 1.17 bits per heavy atom. The fourth-order valence-corrected chi connectivity index (χ4v) is 2.21. The first-order valence-electron chi connectivity index (χ1n) is 8.58. The largest absolute Gasteiger partial charge is 0.497 e. The van der Waals surface area contributed by atoms with E-state index in [0.717, 1.165) is 5.56 Å². The number of anilines is 1. The van der Waals surface area contributed by atoms with Crippen LogP contribution in [0.15, 0.2) is 48.7 Å². The van der Waals surface area contributed by atoms with Gasteiger partial charge in [-0.15, -0.1) is 0 Å². The van der Waals surface area contributed by atoms with Crippen LogP contribution in [0.2, 0.25) is 5.02 Å². The molecular formula is C20H20ClN3O5. The molecule has 0 unspecified atom stereocenters. The fourth-order valence-electron chi connectivity index (χ4n) is 2.10. The van der Waals surface area contributed by atoms with Crippen LogP contribution < -0.4 is 15.4 Å². The van der Waals surface area contributed by atoms with E-state index in [2.05, 4.69) is 15.6 Å². The number of pyridine rings is 1. The maximum absolute atomic E-state index is 11.9. The van der Waals surface area contributed by atoms with E-state index in [1.807, 2.05) is 0 Å². The van der Waals surface area contributed by atoms with Crippen molar-refractivity contribution in [3.8, 4) is 5.75 Å². The Balaban J connectivity index is 1.75. The highest BCUT2D eigenvalue weighted by molar-refractivity contribution is 6.30. The Morgan fingerprint density at radius 3 is 2.52 bits per heavy atom. The lowest BCUT2D eigenvalue weighted by atomic mass is 10.2. The summed E-state index contributed by atoms with van der Waals surface area (Å²) in [4.78, 5) is 39.6. The molecule has 1 aromatic heterocycles. The van der Waals surface area contributed by atoms with Gasteiger partial charge in [0, 0.05) is 12.3 Å². The SMILES string of the molecule is COc1ccc(/C=C/C(=O)N[C@@H](C)C(=O)OCC(=O)Nc2ccc(Cl)cn2)cc1. The highest BCUT2D eigenvalue weighted by atomic mass is 35.5. The van der Waals surface area contributed by atoms with Crippen LogP contribution in [0.3, 0.4) is 0 Å². The number of esters is 1. The number of rotatable bonds is 8. The summed E-state index contributed by atoms with van der Waals surface area (Å²) in [7, 11) is 1.57. The molecule has 2 amide bonds. The van der Waals surface area contributed by atoms with Gasteiger partial charge in [0.05, 0.1) is 12.1 Å². The monoisotopic (exact) mass is 417 g/mol. The first kappa shape index (κ1) is 21.9. The maximum Gasteiger partial charge on any atom is 0.328 e.